The average Bonchev–Trinajstić information content (AvgIpc) is 1.79. The molecule has 101 valence electrons. The Morgan fingerprint density at radius 3 is 0.941 bits per heavy atom. The van der Waals surface area contributed by atoms with Gasteiger partial charge in [-0.1, -0.05) is 0 Å². The number of rotatable bonds is 4. The van der Waals surface area contributed by atoms with Crippen LogP contribution >= 0.6 is 0 Å². The van der Waals surface area contributed by atoms with Gasteiger partial charge >= 0.3 is 29.0 Å². The number of carboxylic acid groups (broad SMARTS) is 4. The number of carboxylic acids is 4. The molecule has 0 aromatic rings. The molecule has 17 heavy (non-hydrogen) atoms. The van der Waals surface area contributed by atoms with Crippen molar-refractivity contribution in [3.63, 3.8) is 0 Å². The third-order valence-electron chi connectivity index (χ3n) is 0.591. The van der Waals surface area contributed by atoms with Crippen molar-refractivity contribution in [3.05, 3.63) is 0 Å². The molecular formula is C6H12MnO10+2. The van der Waals surface area contributed by atoms with Gasteiger partial charge < -0.3 is 41.0 Å². The summed E-state index contributed by atoms with van der Waals surface area (Å²) in [6, 6.07) is 0. The van der Waals surface area contributed by atoms with E-state index >= 15 is 0 Å². The van der Waals surface area contributed by atoms with E-state index in [9.17, 15) is 29.4 Å². The van der Waals surface area contributed by atoms with Gasteiger partial charge in [0.1, 0.15) is 0 Å². The Labute approximate surface area is 105 Å². The molecule has 0 saturated heterocycles. The summed E-state index contributed by atoms with van der Waals surface area (Å²) in [4.78, 5) is 37.4. The summed E-state index contributed by atoms with van der Waals surface area (Å²) in [7, 11) is 0. The number of aliphatic carboxylic acids is 4. The van der Waals surface area contributed by atoms with Crippen molar-refractivity contribution in [3.8, 4) is 0 Å². The minimum absolute atomic E-state index is 0. The standard InChI is InChI=1S/2C3H4O4.Mn.2H2O/c2*4-2(5)1-3(6)7;;;/h2*1H2,(H,4,5)(H,6,7);;2*1H2/q;;+2;;. The van der Waals surface area contributed by atoms with Crippen LogP contribution in [0.4, 0.5) is 0 Å². The van der Waals surface area contributed by atoms with E-state index in [0.29, 0.717) is 0 Å². The fourth-order valence-corrected chi connectivity index (χ4v) is 0.247. The molecule has 11 heteroatoms. The van der Waals surface area contributed by atoms with Gasteiger partial charge in [-0.2, -0.15) is 0 Å². The van der Waals surface area contributed by atoms with Gasteiger partial charge in [0.2, 0.25) is 0 Å². The first-order valence-corrected chi connectivity index (χ1v) is 3.09. The third-order valence-corrected chi connectivity index (χ3v) is 0.591. The van der Waals surface area contributed by atoms with Crippen LogP contribution in [0.5, 0.6) is 0 Å². The molecule has 10 nitrogen and oxygen atoms in total. The van der Waals surface area contributed by atoms with Crippen LogP contribution < -0.4 is 10.2 Å². The predicted molar refractivity (Wildman–Crippen MR) is 44.3 cm³/mol. The first-order valence-electron chi connectivity index (χ1n) is 3.09. The number of carbonyl (C=O) groups excluding carboxylic acids is 2. The quantitative estimate of drug-likeness (QED) is 0.288. The van der Waals surface area contributed by atoms with E-state index in [0.717, 1.165) is 0 Å². The van der Waals surface area contributed by atoms with Crippen molar-refractivity contribution < 1.29 is 67.6 Å². The van der Waals surface area contributed by atoms with Crippen molar-refractivity contribution in [2.45, 2.75) is 12.8 Å². The maximum absolute atomic E-state index is 9.39. The SMILES string of the molecule is O=C([O-])CC(=O)O.O=C([O-])CC(=O)O.[Mn+2].[OH3+].[OH3+]. The van der Waals surface area contributed by atoms with Crippen LogP contribution in [0.1, 0.15) is 12.8 Å². The summed E-state index contributed by atoms with van der Waals surface area (Å²) in [5.41, 5.74) is 0. The van der Waals surface area contributed by atoms with Crippen LogP contribution in [0.15, 0.2) is 0 Å². The van der Waals surface area contributed by atoms with Crippen LogP contribution in [0.2, 0.25) is 0 Å². The van der Waals surface area contributed by atoms with E-state index in [1.807, 2.05) is 0 Å². The second kappa shape index (κ2) is 16.7. The molecule has 0 saturated carbocycles. The molecule has 0 aliphatic heterocycles. The van der Waals surface area contributed by atoms with Gasteiger partial charge in [0, 0.05) is 0 Å². The summed E-state index contributed by atoms with van der Waals surface area (Å²) < 4.78 is 0. The van der Waals surface area contributed by atoms with Gasteiger partial charge in [0.25, 0.3) is 0 Å². The number of carbonyl (C=O) groups is 4. The zero-order chi connectivity index (χ0) is 11.7. The molecule has 0 amide bonds. The number of hydrogen-bond acceptors (Lipinski definition) is 6. The first-order chi connectivity index (χ1) is 6.25. The molecule has 1 radical (unpaired) electrons. The Bertz CT molecular complexity index is 199. The fourth-order valence-electron chi connectivity index (χ4n) is 0.247. The molecule has 0 aromatic heterocycles. The van der Waals surface area contributed by atoms with E-state index in [-0.39, 0.29) is 28.0 Å². The van der Waals surface area contributed by atoms with E-state index in [1.165, 1.54) is 0 Å². The van der Waals surface area contributed by atoms with E-state index in [4.69, 9.17) is 10.2 Å². The summed E-state index contributed by atoms with van der Waals surface area (Å²) in [5.74, 6) is -5.88. The zero-order valence-electron chi connectivity index (χ0n) is 8.29. The Hall–Kier alpha value is -1.68. The molecule has 8 N–H and O–H groups in total. The van der Waals surface area contributed by atoms with E-state index in [2.05, 4.69) is 0 Å². The monoisotopic (exact) mass is 299 g/mol. The molecule has 0 spiro atoms. The molecule has 0 aromatic carbocycles. The average molecular weight is 299 g/mol. The first kappa shape index (κ1) is 29.5. The summed E-state index contributed by atoms with van der Waals surface area (Å²) in [5, 5.41) is 34.0. The van der Waals surface area contributed by atoms with Crippen LogP contribution in [-0.2, 0) is 47.2 Å². The van der Waals surface area contributed by atoms with Crippen molar-refractivity contribution in [2.24, 2.45) is 0 Å². The fraction of sp³-hybridized carbons (Fsp3) is 0.333. The minimum atomic E-state index is -1.56. The molecule has 0 unspecified atom stereocenters. The largest absolute Gasteiger partial charge is 2.00 e. The van der Waals surface area contributed by atoms with Gasteiger partial charge in [0.05, 0.1) is 24.8 Å². The van der Waals surface area contributed by atoms with Crippen LogP contribution in [0, 0.1) is 0 Å². The van der Waals surface area contributed by atoms with Crippen LogP contribution in [-0.4, -0.2) is 34.1 Å². The van der Waals surface area contributed by atoms with Gasteiger partial charge in [-0.25, -0.2) is 0 Å². The Morgan fingerprint density at radius 2 is 0.941 bits per heavy atom. The molecule has 0 aliphatic carbocycles. The molecule has 0 bridgehead atoms. The van der Waals surface area contributed by atoms with Gasteiger partial charge in [-0.3, -0.25) is 9.59 Å². The van der Waals surface area contributed by atoms with Crippen molar-refractivity contribution in [1.82, 2.24) is 0 Å². The van der Waals surface area contributed by atoms with E-state index in [1.54, 1.807) is 0 Å². The predicted octanol–water partition coefficient (Wildman–Crippen LogP) is -5.42. The second-order valence-corrected chi connectivity index (χ2v) is 1.89. The van der Waals surface area contributed by atoms with Gasteiger partial charge in [-0.15, -0.1) is 0 Å². The van der Waals surface area contributed by atoms with Crippen molar-refractivity contribution in [1.29, 1.82) is 0 Å². The molecule has 0 rings (SSSR count). The van der Waals surface area contributed by atoms with E-state index < -0.39 is 36.7 Å². The molecule has 0 atom stereocenters. The van der Waals surface area contributed by atoms with Crippen molar-refractivity contribution >= 4 is 23.9 Å². The number of hydrogen-bond donors (Lipinski definition) is 2. The normalized spacial score (nSPS) is 6.59. The van der Waals surface area contributed by atoms with Crippen molar-refractivity contribution in [2.75, 3.05) is 0 Å². The summed E-state index contributed by atoms with van der Waals surface area (Å²) >= 11 is 0. The molecule has 0 aliphatic rings. The minimum Gasteiger partial charge on any atom is -0.550 e. The Morgan fingerprint density at radius 1 is 0.765 bits per heavy atom. The third kappa shape index (κ3) is 54.4. The second-order valence-electron chi connectivity index (χ2n) is 1.89. The summed E-state index contributed by atoms with van der Waals surface area (Å²) in [6.07, 6.45) is -1.83. The smallest absolute Gasteiger partial charge is 0.550 e. The molecule has 0 fully saturated rings. The molecule has 0 heterocycles. The van der Waals surface area contributed by atoms with Gasteiger partial charge in [-0.05, 0) is 0 Å². The molecular weight excluding hydrogens is 287 g/mol. The maximum atomic E-state index is 9.39. The van der Waals surface area contributed by atoms with Crippen LogP contribution in [0.25, 0.3) is 0 Å². The Kier molecular flexibility index (Phi) is 29.0. The van der Waals surface area contributed by atoms with Gasteiger partial charge in [0.15, 0.2) is 0 Å². The Balaban J connectivity index is -0.0000000480. The summed E-state index contributed by atoms with van der Waals surface area (Å²) in [6.45, 7) is 0. The van der Waals surface area contributed by atoms with Crippen LogP contribution in [0.3, 0.4) is 0 Å². The topological polar surface area (TPSA) is 221 Å². The maximum Gasteiger partial charge on any atom is 2.00 e. The zero-order valence-corrected chi connectivity index (χ0v) is 9.47.